The molecule has 7 nitrogen and oxygen atoms in total. The van der Waals surface area contributed by atoms with Crippen LogP contribution in [0.2, 0.25) is 0 Å². The number of hydrogen-bond donors (Lipinski definition) is 2. The third-order valence-electron chi connectivity index (χ3n) is 4.78. The third kappa shape index (κ3) is 1.95. The van der Waals surface area contributed by atoms with Gasteiger partial charge < -0.3 is 19.7 Å². The molecule has 21 heavy (non-hydrogen) atoms. The predicted octanol–water partition coefficient (Wildman–Crippen LogP) is 0.929. The maximum atomic E-state index is 12.2. The molecule has 5 atom stereocenters. The number of nitrogens with zero attached hydrogens (tertiary/aromatic N) is 1. The van der Waals surface area contributed by atoms with E-state index < -0.39 is 18.2 Å². The lowest BCUT2D eigenvalue weighted by atomic mass is 9.72. The molecule has 0 radical (unpaired) electrons. The molecule has 1 saturated heterocycles. The normalized spacial score (nSPS) is 36.0. The van der Waals surface area contributed by atoms with Crippen molar-refractivity contribution in [2.45, 2.75) is 44.4 Å². The van der Waals surface area contributed by atoms with E-state index >= 15 is 0 Å². The van der Waals surface area contributed by atoms with Gasteiger partial charge in [-0.05, 0) is 26.2 Å². The molecule has 2 fully saturated rings. The summed E-state index contributed by atoms with van der Waals surface area (Å²) in [6, 6.07) is -0.209. The zero-order chi connectivity index (χ0) is 15.3. The summed E-state index contributed by atoms with van der Waals surface area (Å²) in [5.74, 6) is -0.653. The highest BCUT2D eigenvalue weighted by atomic mass is 16.7. The van der Waals surface area contributed by atoms with Crippen LogP contribution in [0.1, 0.15) is 26.2 Å². The molecular formula is C14H19NO6. The van der Waals surface area contributed by atoms with E-state index in [0.29, 0.717) is 0 Å². The molecule has 116 valence electrons. The molecule has 2 aliphatic heterocycles. The second kappa shape index (κ2) is 4.99. The summed E-state index contributed by atoms with van der Waals surface area (Å²) in [5, 5.41) is 18.7. The van der Waals surface area contributed by atoms with Gasteiger partial charge in [0.05, 0.1) is 24.2 Å². The first-order valence-electron chi connectivity index (χ1n) is 7.16. The molecule has 0 aromatic rings. The third-order valence-corrected chi connectivity index (χ3v) is 4.78. The molecule has 7 heteroatoms. The van der Waals surface area contributed by atoms with Gasteiger partial charge in [0.25, 0.3) is 0 Å². The summed E-state index contributed by atoms with van der Waals surface area (Å²) < 4.78 is 10.3. The maximum Gasteiger partial charge on any atom is 0.512 e. The number of carbonyl (C=O) groups is 2. The summed E-state index contributed by atoms with van der Waals surface area (Å²) in [4.78, 5) is 24.6. The highest BCUT2D eigenvalue weighted by Crippen LogP contribution is 2.52. The van der Waals surface area contributed by atoms with Crippen LogP contribution < -0.4 is 0 Å². The average Bonchev–Trinajstić information content (AvgIpc) is 2.67. The topological polar surface area (TPSA) is 96.3 Å². The summed E-state index contributed by atoms with van der Waals surface area (Å²) >= 11 is 0. The summed E-state index contributed by atoms with van der Waals surface area (Å²) in [7, 11) is 1.57. The first-order chi connectivity index (χ1) is 9.97. The molecule has 0 aromatic heterocycles. The summed E-state index contributed by atoms with van der Waals surface area (Å²) in [5.41, 5.74) is 0.757. The number of methoxy groups -OCH3 is 1. The highest BCUT2D eigenvalue weighted by molar-refractivity contribution is 5.90. The van der Waals surface area contributed by atoms with Crippen LogP contribution in [0.5, 0.6) is 0 Å². The van der Waals surface area contributed by atoms with Gasteiger partial charge in [-0.25, -0.2) is 4.79 Å². The van der Waals surface area contributed by atoms with Gasteiger partial charge in [0.15, 0.2) is 0 Å². The number of carboxylic acid groups (broad SMARTS) is 1. The highest BCUT2D eigenvalue weighted by Gasteiger charge is 2.62. The van der Waals surface area contributed by atoms with Crippen LogP contribution in [0.25, 0.3) is 0 Å². The van der Waals surface area contributed by atoms with Gasteiger partial charge in [-0.2, -0.15) is 0 Å². The molecule has 1 saturated carbocycles. The molecule has 1 unspecified atom stereocenters. The van der Waals surface area contributed by atoms with Crippen LogP contribution in [0.3, 0.4) is 0 Å². The Bertz CT molecular complexity index is 514. The monoisotopic (exact) mass is 297 g/mol. The smallest absolute Gasteiger partial charge is 0.449 e. The largest absolute Gasteiger partial charge is 0.512 e. The molecule has 2 heterocycles. The fourth-order valence-electron chi connectivity index (χ4n) is 3.99. The minimum Gasteiger partial charge on any atom is -0.449 e. The quantitative estimate of drug-likeness (QED) is 0.594. The summed E-state index contributed by atoms with van der Waals surface area (Å²) in [6.45, 7) is 1.59. The van der Waals surface area contributed by atoms with E-state index in [9.17, 15) is 14.7 Å². The van der Waals surface area contributed by atoms with Crippen LogP contribution in [0.4, 0.5) is 4.79 Å². The molecule has 2 N–H and O–H groups in total. The standard InChI is InChI=1S/C14H19NO6/c1-6(16)9-11-7-4-3-5-8(20-2)10(7)13(21-14(18)19)15(11)12(9)17/h6-9,11,16H,3-5H2,1-2H3,(H,18,19)/t6?,7-,8-,9+,11+/m0/s1. The van der Waals surface area contributed by atoms with Crippen molar-refractivity contribution in [2.75, 3.05) is 7.11 Å². The number of rotatable bonds is 3. The van der Waals surface area contributed by atoms with Crippen molar-refractivity contribution < 1.29 is 29.3 Å². The van der Waals surface area contributed by atoms with E-state index in [-0.39, 0.29) is 29.9 Å². The number of amides is 1. The van der Waals surface area contributed by atoms with Crippen molar-refractivity contribution in [3.63, 3.8) is 0 Å². The number of aliphatic hydroxyl groups is 1. The SMILES string of the molecule is CO[C@H]1CCC[C@H]2C1=C(OC(=O)O)N1C(=O)[C@H](C(C)O)[C@@H]21. The fourth-order valence-corrected chi connectivity index (χ4v) is 3.99. The second-order valence-corrected chi connectivity index (χ2v) is 5.86. The van der Waals surface area contributed by atoms with E-state index in [2.05, 4.69) is 0 Å². The molecule has 0 bridgehead atoms. The predicted molar refractivity (Wildman–Crippen MR) is 70.1 cm³/mol. The van der Waals surface area contributed by atoms with Crippen LogP contribution in [0.15, 0.2) is 11.5 Å². The Kier molecular flexibility index (Phi) is 3.41. The number of hydrogen-bond acceptors (Lipinski definition) is 5. The maximum absolute atomic E-state index is 12.2. The van der Waals surface area contributed by atoms with Gasteiger partial charge >= 0.3 is 6.16 Å². The van der Waals surface area contributed by atoms with Crippen LogP contribution in [-0.2, 0) is 14.3 Å². The Morgan fingerprint density at radius 1 is 1.43 bits per heavy atom. The van der Waals surface area contributed by atoms with Crippen molar-refractivity contribution in [3.05, 3.63) is 11.5 Å². The van der Waals surface area contributed by atoms with Crippen molar-refractivity contribution >= 4 is 12.1 Å². The van der Waals surface area contributed by atoms with E-state index in [1.807, 2.05) is 0 Å². The van der Waals surface area contributed by atoms with E-state index in [1.54, 1.807) is 14.0 Å². The molecule has 0 spiro atoms. The lowest BCUT2D eigenvalue weighted by Crippen LogP contribution is -2.63. The molecule has 3 rings (SSSR count). The lowest BCUT2D eigenvalue weighted by Gasteiger charge is -2.47. The fraction of sp³-hybridized carbons (Fsp3) is 0.714. The van der Waals surface area contributed by atoms with Gasteiger partial charge in [0, 0.05) is 18.6 Å². The van der Waals surface area contributed by atoms with Gasteiger partial charge in [-0.1, -0.05) is 0 Å². The Morgan fingerprint density at radius 3 is 2.71 bits per heavy atom. The van der Waals surface area contributed by atoms with E-state index in [1.165, 1.54) is 4.90 Å². The Hall–Kier alpha value is -1.60. The minimum absolute atomic E-state index is 0.00958. The lowest BCUT2D eigenvalue weighted by molar-refractivity contribution is -0.163. The zero-order valence-corrected chi connectivity index (χ0v) is 12.0. The first-order valence-corrected chi connectivity index (χ1v) is 7.16. The molecular weight excluding hydrogens is 278 g/mol. The van der Waals surface area contributed by atoms with Crippen molar-refractivity contribution in [2.24, 2.45) is 11.8 Å². The number of aliphatic hydroxyl groups excluding tert-OH is 1. The minimum atomic E-state index is -1.44. The van der Waals surface area contributed by atoms with E-state index in [0.717, 1.165) is 24.8 Å². The Balaban J connectivity index is 2.00. The van der Waals surface area contributed by atoms with Crippen LogP contribution in [0, 0.1) is 11.8 Å². The number of ether oxygens (including phenoxy) is 2. The van der Waals surface area contributed by atoms with Gasteiger partial charge in [0.2, 0.25) is 11.8 Å². The van der Waals surface area contributed by atoms with Gasteiger partial charge in [0.1, 0.15) is 0 Å². The Morgan fingerprint density at radius 2 is 2.14 bits per heavy atom. The number of β-lactam (4-membered cyclic amide) rings is 1. The van der Waals surface area contributed by atoms with Crippen molar-refractivity contribution in [1.29, 1.82) is 0 Å². The zero-order valence-electron chi connectivity index (χ0n) is 12.0. The average molecular weight is 297 g/mol. The van der Waals surface area contributed by atoms with Crippen molar-refractivity contribution in [1.82, 2.24) is 4.90 Å². The molecule has 1 amide bonds. The van der Waals surface area contributed by atoms with Crippen LogP contribution >= 0.6 is 0 Å². The number of fused-ring (bicyclic) bond motifs is 3. The molecule has 1 aliphatic carbocycles. The first kappa shape index (κ1) is 14.3. The van der Waals surface area contributed by atoms with Gasteiger partial charge in [-0.15, -0.1) is 0 Å². The van der Waals surface area contributed by atoms with Crippen molar-refractivity contribution in [3.8, 4) is 0 Å². The van der Waals surface area contributed by atoms with Gasteiger partial charge in [-0.3, -0.25) is 9.69 Å². The van der Waals surface area contributed by atoms with Crippen LogP contribution in [-0.4, -0.2) is 52.5 Å². The molecule has 0 aromatic carbocycles. The van der Waals surface area contributed by atoms with E-state index in [4.69, 9.17) is 14.6 Å². The summed E-state index contributed by atoms with van der Waals surface area (Å²) in [6.07, 6.45) is 0.143. The molecule has 3 aliphatic rings. The second-order valence-electron chi connectivity index (χ2n) is 5.86. The Labute approximate surface area is 122 Å². The number of carbonyl (C=O) groups excluding carboxylic acids is 1.